The van der Waals surface area contributed by atoms with Gasteiger partial charge in [-0.25, -0.2) is 4.99 Å². The Kier molecular flexibility index (Phi) is 4.40. The second kappa shape index (κ2) is 5.59. The fraction of sp³-hybridized carbons (Fsp3) is 0.385. The molecule has 1 aromatic rings. The molecule has 0 aromatic heterocycles. The molecular formula is C13H18N2O2. The van der Waals surface area contributed by atoms with E-state index in [9.17, 15) is 0 Å². The summed E-state index contributed by atoms with van der Waals surface area (Å²) >= 11 is 0. The summed E-state index contributed by atoms with van der Waals surface area (Å²) in [6.07, 6.45) is 0. The molecule has 0 aliphatic carbocycles. The van der Waals surface area contributed by atoms with E-state index >= 15 is 0 Å². The third-order valence-electron chi connectivity index (χ3n) is 2.51. The Morgan fingerprint density at radius 1 is 1.35 bits per heavy atom. The molecule has 1 aliphatic heterocycles. The average molecular weight is 234 g/mol. The third-order valence-corrected chi connectivity index (χ3v) is 2.51. The van der Waals surface area contributed by atoms with Crippen LogP contribution in [-0.2, 0) is 4.79 Å². The highest BCUT2D eigenvalue weighted by molar-refractivity contribution is 6.06. The maximum Gasteiger partial charge on any atom is 0.170 e. The number of nitrogens with zero attached hydrogens (tertiary/aromatic N) is 1. The van der Waals surface area contributed by atoms with Crippen molar-refractivity contribution >= 4 is 11.7 Å². The number of benzene rings is 1. The number of hydrogen-bond donors (Lipinski definition) is 1. The van der Waals surface area contributed by atoms with Crippen LogP contribution in [0.2, 0.25) is 0 Å². The Morgan fingerprint density at radius 3 is 2.29 bits per heavy atom. The lowest BCUT2D eigenvalue weighted by atomic mass is 9.93. The number of carbonyl (C=O) groups excluding carboxylic acids is 1. The van der Waals surface area contributed by atoms with E-state index in [0.717, 1.165) is 13.6 Å². The fourth-order valence-electron chi connectivity index (χ4n) is 1.72. The van der Waals surface area contributed by atoms with Crippen molar-refractivity contribution in [1.82, 2.24) is 0 Å². The standard InChI is InChI=1S/C11H14N2.C2H4O2/c1-11(2)10(12-8-13-11)9-6-4-3-5-7-9;1-2(3)4/h3-7,13H,8H2,1-2H3;1H3,(H,3,4). The zero-order valence-electron chi connectivity index (χ0n) is 10.4. The lowest BCUT2D eigenvalue weighted by molar-refractivity contribution is -0.693. The van der Waals surface area contributed by atoms with Crippen LogP contribution in [0.1, 0.15) is 26.3 Å². The van der Waals surface area contributed by atoms with Crippen molar-refractivity contribution < 1.29 is 15.2 Å². The zero-order chi connectivity index (χ0) is 12.9. The minimum absolute atomic E-state index is 0.140. The van der Waals surface area contributed by atoms with Crippen LogP contribution in [0.5, 0.6) is 0 Å². The van der Waals surface area contributed by atoms with E-state index in [2.05, 4.69) is 48.4 Å². The molecule has 1 heterocycles. The van der Waals surface area contributed by atoms with Crippen molar-refractivity contribution in [3.05, 3.63) is 35.9 Å². The molecule has 1 aliphatic rings. The van der Waals surface area contributed by atoms with Crippen molar-refractivity contribution in [3.8, 4) is 0 Å². The first-order valence-electron chi connectivity index (χ1n) is 5.56. The number of carboxylic acid groups (broad SMARTS) is 1. The molecule has 1 aromatic carbocycles. The molecule has 4 nitrogen and oxygen atoms in total. The van der Waals surface area contributed by atoms with E-state index in [0.29, 0.717) is 0 Å². The molecule has 17 heavy (non-hydrogen) atoms. The summed E-state index contributed by atoms with van der Waals surface area (Å²) in [5.41, 5.74) is 2.61. The summed E-state index contributed by atoms with van der Waals surface area (Å²) in [7, 11) is 0. The van der Waals surface area contributed by atoms with Crippen LogP contribution in [0.4, 0.5) is 0 Å². The topological polar surface area (TPSA) is 69.1 Å². The van der Waals surface area contributed by atoms with Gasteiger partial charge in [-0.1, -0.05) is 30.3 Å². The lowest BCUT2D eigenvalue weighted by Crippen LogP contribution is -2.94. The van der Waals surface area contributed by atoms with Crippen LogP contribution in [0, 0.1) is 0 Å². The molecule has 0 atom stereocenters. The summed E-state index contributed by atoms with van der Waals surface area (Å²) in [5.74, 6) is -1.08. The molecule has 2 N–H and O–H groups in total. The van der Waals surface area contributed by atoms with Crippen LogP contribution in [-0.4, -0.2) is 23.9 Å². The van der Waals surface area contributed by atoms with Gasteiger partial charge in [0.05, 0.1) is 0 Å². The third kappa shape index (κ3) is 4.00. The molecule has 0 radical (unpaired) electrons. The van der Waals surface area contributed by atoms with Crippen molar-refractivity contribution in [2.75, 3.05) is 6.67 Å². The minimum atomic E-state index is -1.08. The van der Waals surface area contributed by atoms with Crippen LogP contribution in [0.3, 0.4) is 0 Å². The van der Waals surface area contributed by atoms with Crippen LogP contribution in [0.25, 0.3) is 0 Å². The van der Waals surface area contributed by atoms with Crippen LogP contribution in [0.15, 0.2) is 35.3 Å². The highest BCUT2D eigenvalue weighted by atomic mass is 16.4. The molecule has 92 valence electrons. The predicted octanol–water partition coefficient (Wildman–Crippen LogP) is -0.455. The zero-order valence-corrected chi connectivity index (χ0v) is 10.4. The Hall–Kier alpha value is -1.68. The number of hydrogen-bond acceptors (Lipinski definition) is 3. The van der Waals surface area contributed by atoms with E-state index in [1.807, 2.05) is 6.07 Å². The number of aliphatic carboxylic acids is 1. The molecule has 0 spiro atoms. The van der Waals surface area contributed by atoms with Gasteiger partial charge < -0.3 is 15.2 Å². The maximum absolute atomic E-state index is 8.89. The number of nitrogens with two attached hydrogens (primary N) is 1. The largest absolute Gasteiger partial charge is 0.550 e. The first kappa shape index (κ1) is 13.4. The molecule has 0 bridgehead atoms. The van der Waals surface area contributed by atoms with E-state index < -0.39 is 5.97 Å². The number of quaternary nitrogens is 1. The van der Waals surface area contributed by atoms with E-state index in [4.69, 9.17) is 9.90 Å². The highest BCUT2D eigenvalue weighted by Crippen LogP contribution is 2.12. The van der Waals surface area contributed by atoms with Gasteiger partial charge >= 0.3 is 0 Å². The van der Waals surface area contributed by atoms with Gasteiger partial charge in [0.15, 0.2) is 6.67 Å². The minimum Gasteiger partial charge on any atom is -0.550 e. The van der Waals surface area contributed by atoms with Gasteiger partial charge in [-0.05, 0) is 20.8 Å². The van der Waals surface area contributed by atoms with E-state index in [1.54, 1.807) is 0 Å². The van der Waals surface area contributed by atoms with Gasteiger partial charge in [-0.15, -0.1) is 0 Å². The molecule has 0 fully saturated rings. The lowest BCUT2D eigenvalue weighted by Gasteiger charge is -2.16. The van der Waals surface area contributed by atoms with Gasteiger partial charge in [0.1, 0.15) is 11.3 Å². The van der Waals surface area contributed by atoms with Crippen molar-refractivity contribution in [1.29, 1.82) is 0 Å². The van der Waals surface area contributed by atoms with Gasteiger partial charge in [-0.3, -0.25) is 0 Å². The van der Waals surface area contributed by atoms with Gasteiger partial charge in [0.25, 0.3) is 0 Å². The Morgan fingerprint density at radius 2 is 1.88 bits per heavy atom. The molecule has 0 amide bonds. The van der Waals surface area contributed by atoms with Gasteiger partial charge in [0, 0.05) is 11.5 Å². The van der Waals surface area contributed by atoms with Crippen molar-refractivity contribution in [2.24, 2.45) is 4.99 Å². The number of carbonyl (C=O) groups is 1. The quantitative estimate of drug-likeness (QED) is 0.714. The summed E-state index contributed by atoms with van der Waals surface area (Å²) in [6, 6.07) is 10.4. The smallest absolute Gasteiger partial charge is 0.170 e. The van der Waals surface area contributed by atoms with E-state index in [1.165, 1.54) is 11.3 Å². The van der Waals surface area contributed by atoms with E-state index in [-0.39, 0.29) is 5.54 Å². The van der Waals surface area contributed by atoms with Gasteiger partial charge in [0.2, 0.25) is 0 Å². The van der Waals surface area contributed by atoms with Crippen LogP contribution < -0.4 is 10.4 Å². The second-order valence-electron chi connectivity index (χ2n) is 4.47. The monoisotopic (exact) mass is 234 g/mol. The Balaban J connectivity index is 0.000000317. The summed E-state index contributed by atoms with van der Waals surface area (Å²) in [4.78, 5) is 13.4. The normalized spacial score (nSPS) is 16.8. The van der Waals surface area contributed by atoms with Crippen molar-refractivity contribution in [2.45, 2.75) is 26.3 Å². The SMILES string of the molecule is CC(=O)[O-].CC1(C)[NH2+]CN=C1c1ccccc1. The molecule has 0 saturated carbocycles. The fourth-order valence-corrected chi connectivity index (χ4v) is 1.72. The number of rotatable bonds is 1. The average Bonchev–Trinajstić information content (AvgIpc) is 2.58. The first-order valence-corrected chi connectivity index (χ1v) is 5.56. The summed E-state index contributed by atoms with van der Waals surface area (Å²) in [5, 5.41) is 11.1. The van der Waals surface area contributed by atoms with Crippen LogP contribution >= 0.6 is 0 Å². The predicted molar refractivity (Wildman–Crippen MR) is 64.5 cm³/mol. The Labute approximate surface area is 101 Å². The van der Waals surface area contributed by atoms with Gasteiger partial charge in [-0.2, -0.15) is 0 Å². The van der Waals surface area contributed by atoms with Crippen molar-refractivity contribution in [3.63, 3.8) is 0 Å². The highest BCUT2D eigenvalue weighted by Gasteiger charge is 2.33. The number of carboxylic acids is 1. The Bertz CT molecular complexity index is 407. The molecule has 2 rings (SSSR count). The summed E-state index contributed by atoms with van der Waals surface area (Å²) in [6.45, 7) is 6.26. The molecule has 0 saturated heterocycles. The first-order chi connectivity index (χ1) is 7.93. The maximum atomic E-state index is 8.89. The number of aliphatic imine (C=N–C) groups is 1. The molecule has 4 heteroatoms. The second-order valence-corrected chi connectivity index (χ2v) is 4.47. The molecule has 0 unspecified atom stereocenters. The molecular weight excluding hydrogens is 216 g/mol. The summed E-state index contributed by atoms with van der Waals surface area (Å²) < 4.78 is 0.